The van der Waals surface area contributed by atoms with Gasteiger partial charge in [-0.05, 0) is 30.5 Å². The van der Waals surface area contributed by atoms with E-state index in [1.165, 1.54) is 11.3 Å². The molecule has 1 aliphatic heterocycles. The smallest absolute Gasteiger partial charge is 0.355 e. The van der Waals surface area contributed by atoms with Crippen LogP contribution in [-0.2, 0) is 14.3 Å². The van der Waals surface area contributed by atoms with Crippen LogP contribution in [0.15, 0.2) is 59.1 Å². The number of thiophene rings is 1. The molecule has 0 bridgehead atoms. The number of nitrogens with one attached hydrogen (secondary N) is 3. The summed E-state index contributed by atoms with van der Waals surface area (Å²) in [6.07, 6.45) is 0. The average molecular weight is 425 g/mol. The molecular formula is C21H19N3O5S. The van der Waals surface area contributed by atoms with Crippen LogP contribution < -0.4 is 10.6 Å². The minimum Gasteiger partial charge on any atom is -0.463 e. The maximum atomic E-state index is 12.6. The van der Waals surface area contributed by atoms with Crippen molar-refractivity contribution in [1.82, 2.24) is 15.6 Å². The lowest BCUT2D eigenvalue weighted by Gasteiger charge is -2.28. The maximum Gasteiger partial charge on any atom is 0.355 e. The summed E-state index contributed by atoms with van der Waals surface area (Å²) in [7, 11) is 0. The molecule has 0 saturated heterocycles. The van der Waals surface area contributed by atoms with Crippen LogP contribution in [0.25, 0.3) is 10.9 Å². The Morgan fingerprint density at radius 3 is 2.67 bits per heavy atom. The Morgan fingerprint density at radius 1 is 1.10 bits per heavy atom. The molecule has 4 rings (SSSR count). The van der Waals surface area contributed by atoms with E-state index >= 15 is 0 Å². The second-order valence-electron chi connectivity index (χ2n) is 6.51. The third kappa shape index (κ3) is 3.92. The Kier molecular flexibility index (Phi) is 5.53. The lowest BCUT2D eigenvalue weighted by atomic mass is 10.0. The molecule has 0 aliphatic carbocycles. The summed E-state index contributed by atoms with van der Waals surface area (Å²) in [5.41, 5.74) is 1.50. The van der Waals surface area contributed by atoms with Crippen LogP contribution in [0.1, 0.15) is 28.3 Å². The number of carbonyl (C=O) groups excluding carboxylic acids is 3. The molecule has 1 unspecified atom stereocenters. The quantitative estimate of drug-likeness (QED) is 0.525. The van der Waals surface area contributed by atoms with E-state index in [9.17, 15) is 14.4 Å². The lowest BCUT2D eigenvalue weighted by molar-refractivity contribution is -0.139. The summed E-state index contributed by atoms with van der Waals surface area (Å²) >= 11 is 1.40. The molecule has 1 aromatic carbocycles. The molecule has 0 radical (unpaired) electrons. The first-order valence-corrected chi connectivity index (χ1v) is 10.2. The van der Waals surface area contributed by atoms with Crippen molar-refractivity contribution < 1.29 is 23.9 Å². The van der Waals surface area contributed by atoms with Gasteiger partial charge < -0.3 is 25.1 Å². The van der Waals surface area contributed by atoms with Crippen LogP contribution in [0.2, 0.25) is 0 Å². The average Bonchev–Trinajstić information content (AvgIpc) is 3.41. The number of hydrogen-bond donors (Lipinski definition) is 3. The van der Waals surface area contributed by atoms with E-state index in [0.717, 1.165) is 15.8 Å². The van der Waals surface area contributed by atoms with Gasteiger partial charge in [0.25, 0.3) is 0 Å². The molecule has 2 aromatic heterocycles. The fourth-order valence-corrected chi connectivity index (χ4v) is 4.03. The number of para-hydroxylation sites is 1. The van der Waals surface area contributed by atoms with E-state index < -0.39 is 24.0 Å². The number of aromatic amines is 1. The summed E-state index contributed by atoms with van der Waals surface area (Å²) in [5, 5.41) is 8.03. The molecular weight excluding hydrogens is 406 g/mol. The van der Waals surface area contributed by atoms with Crippen molar-refractivity contribution in [2.45, 2.75) is 13.0 Å². The van der Waals surface area contributed by atoms with Crippen molar-refractivity contribution in [2.24, 2.45) is 0 Å². The first kappa shape index (κ1) is 19.7. The minimum atomic E-state index is -0.681. The Bertz CT molecular complexity index is 1100. The number of benzene rings is 1. The van der Waals surface area contributed by atoms with E-state index in [-0.39, 0.29) is 30.2 Å². The predicted octanol–water partition coefficient (Wildman–Crippen LogP) is 3.26. The Morgan fingerprint density at radius 2 is 1.93 bits per heavy atom. The highest BCUT2D eigenvalue weighted by Crippen LogP contribution is 2.30. The van der Waals surface area contributed by atoms with Crippen molar-refractivity contribution in [3.63, 3.8) is 0 Å². The van der Waals surface area contributed by atoms with E-state index in [1.807, 2.05) is 41.8 Å². The van der Waals surface area contributed by atoms with Crippen LogP contribution in [-0.4, -0.2) is 36.2 Å². The number of rotatable bonds is 6. The molecule has 3 heterocycles. The number of esters is 2. The van der Waals surface area contributed by atoms with Gasteiger partial charge in [0.1, 0.15) is 12.3 Å². The summed E-state index contributed by atoms with van der Waals surface area (Å²) in [5.74, 6) is -1.18. The van der Waals surface area contributed by atoms with E-state index in [4.69, 9.17) is 9.47 Å². The summed E-state index contributed by atoms with van der Waals surface area (Å²) < 4.78 is 10.6. The number of amides is 2. The first-order valence-electron chi connectivity index (χ1n) is 9.32. The number of urea groups is 1. The third-order valence-corrected chi connectivity index (χ3v) is 5.51. The van der Waals surface area contributed by atoms with Crippen LogP contribution in [0.5, 0.6) is 0 Å². The maximum absolute atomic E-state index is 12.6. The molecule has 3 N–H and O–H groups in total. The summed E-state index contributed by atoms with van der Waals surface area (Å²) in [6, 6.07) is 11.6. The topological polar surface area (TPSA) is 110 Å². The van der Waals surface area contributed by atoms with Crippen molar-refractivity contribution in [3.05, 3.63) is 69.7 Å². The molecule has 0 fully saturated rings. The van der Waals surface area contributed by atoms with E-state index in [0.29, 0.717) is 0 Å². The molecule has 2 amide bonds. The zero-order chi connectivity index (χ0) is 21.1. The summed E-state index contributed by atoms with van der Waals surface area (Å²) in [6.45, 7) is 1.59. The SMILES string of the molecule is CCOC(=O)C1=C(COC(=O)c2cc3ccccc3[nH]2)NC(=O)NC1c1cccs1. The molecule has 30 heavy (non-hydrogen) atoms. The number of aromatic nitrogens is 1. The van der Waals surface area contributed by atoms with Gasteiger partial charge in [0.05, 0.1) is 23.9 Å². The third-order valence-electron chi connectivity index (χ3n) is 4.57. The van der Waals surface area contributed by atoms with Crippen LogP contribution in [0, 0.1) is 0 Å². The Labute approximate surface area is 175 Å². The molecule has 0 spiro atoms. The van der Waals surface area contributed by atoms with Crippen LogP contribution in [0.4, 0.5) is 4.79 Å². The molecule has 1 aliphatic rings. The molecule has 9 heteroatoms. The molecule has 1 atom stereocenters. The van der Waals surface area contributed by atoms with Crippen molar-refractivity contribution >= 4 is 40.2 Å². The summed E-state index contributed by atoms with van der Waals surface area (Å²) in [4.78, 5) is 41.1. The Hall–Kier alpha value is -3.59. The van der Waals surface area contributed by atoms with E-state index in [2.05, 4.69) is 15.6 Å². The molecule has 154 valence electrons. The van der Waals surface area contributed by atoms with Crippen molar-refractivity contribution in [3.8, 4) is 0 Å². The number of ether oxygens (including phenoxy) is 2. The lowest BCUT2D eigenvalue weighted by Crippen LogP contribution is -2.46. The zero-order valence-electron chi connectivity index (χ0n) is 16.1. The number of H-pyrrole nitrogens is 1. The van der Waals surface area contributed by atoms with Gasteiger partial charge in [-0.3, -0.25) is 0 Å². The predicted molar refractivity (Wildman–Crippen MR) is 111 cm³/mol. The standard InChI is InChI=1S/C21H19N3O5S/c1-2-28-20(26)17-15(23-21(27)24-18(17)16-8-5-9-30-16)11-29-19(25)14-10-12-6-3-4-7-13(12)22-14/h3-10,18,22H,2,11H2,1H3,(H2,23,24,27). The highest BCUT2D eigenvalue weighted by atomic mass is 32.1. The second-order valence-corrected chi connectivity index (χ2v) is 7.49. The van der Waals surface area contributed by atoms with Gasteiger partial charge in [-0.1, -0.05) is 24.3 Å². The van der Waals surface area contributed by atoms with Gasteiger partial charge in [0.15, 0.2) is 0 Å². The zero-order valence-corrected chi connectivity index (χ0v) is 16.9. The molecule has 8 nitrogen and oxygen atoms in total. The van der Waals surface area contributed by atoms with Crippen molar-refractivity contribution in [2.75, 3.05) is 13.2 Å². The van der Waals surface area contributed by atoms with Gasteiger partial charge in [-0.25, -0.2) is 14.4 Å². The van der Waals surface area contributed by atoms with Gasteiger partial charge in [-0.15, -0.1) is 11.3 Å². The van der Waals surface area contributed by atoms with E-state index in [1.54, 1.807) is 13.0 Å². The van der Waals surface area contributed by atoms with Gasteiger partial charge in [0.2, 0.25) is 0 Å². The van der Waals surface area contributed by atoms with Crippen LogP contribution in [0.3, 0.4) is 0 Å². The van der Waals surface area contributed by atoms with Crippen molar-refractivity contribution in [1.29, 1.82) is 0 Å². The largest absolute Gasteiger partial charge is 0.463 e. The first-order chi connectivity index (χ1) is 14.6. The number of fused-ring (bicyclic) bond motifs is 1. The fraction of sp³-hybridized carbons (Fsp3) is 0.190. The normalized spacial score (nSPS) is 16.2. The second kappa shape index (κ2) is 8.42. The highest BCUT2D eigenvalue weighted by Gasteiger charge is 2.34. The molecule has 3 aromatic rings. The molecule has 0 saturated carbocycles. The number of carbonyl (C=O) groups is 3. The monoisotopic (exact) mass is 425 g/mol. The van der Waals surface area contributed by atoms with Crippen LogP contribution >= 0.6 is 11.3 Å². The van der Waals surface area contributed by atoms with Gasteiger partial charge in [0, 0.05) is 15.8 Å². The fourth-order valence-electron chi connectivity index (χ4n) is 3.25. The minimum absolute atomic E-state index is 0.176. The highest BCUT2D eigenvalue weighted by molar-refractivity contribution is 7.10. The van der Waals surface area contributed by atoms with Gasteiger partial charge >= 0.3 is 18.0 Å². The number of hydrogen-bond acceptors (Lipinski definition) is 6. The van der Waals surface area contributed by atoms with Gasteiger partial charge in [-0.2, -0.15) is 0 Å². The Balaban J connectivity index is 1.61.